The fourth-order valence-electron chi connectivity index (χ4n) is 2.82. The number of benzene rings is 2. The maximum atomic E-state index is 12.9. The predicted octanol–water partition coefficient (Wildman–Crippen LogP) is 5.04. The first-order valence-corrected chi connectivity index (χ1v) is 9.36. The number of alkyl halides is 3. The summed E-state index contributed by atoms with van der Waals surface area (Å²) in [6.07, 6.45) is -2.70. The molecule has 0 aliphatic heterocycles. The highest BCUT2D eigenvalue weighted by Crippen LogP contribution is 2.32. The maximum absolute atomic E-state index is 12.9. The second-order valence-electron chi connectivity index (χ2n) is 6.31. The van der Waals surface area contributed by atoms with Crippen molar-refractivity contribution in [2.75, 3.05) is 0 Å². The molecule has 2 heterocycles. The van der Waals surface area contributed by atoms with Gasteiger partial charge in [0, 0.05) is 22.9 Å². The number of Topliss-reactive ketones (excluding diaryl/α,β-unsaturated/α-hetero) is 1. The van der Waals surface area contributed by atoms with Gasteiger partial charge in [0.05, 0.1) is 17.5 Å². The number of nitrogens with one attached hydrogen (secondary N) is 1. The molecule has 29 heavy (non-hydrogen) atoms. The maximum Gasteiger partial charge on any atom is 0.416 e. The highest BCUT2D eigenvalue weighted by atomic mass is 32.1. The number of carbonyl (C=O) groups excluding carboxylic acids is 1. The van der Waals surface area contributed by atoms with Crippen LogP contribution < -0.4 is 0 Å². The Morgan fingerprint density at radius 3 is 2.55 bits per heavy atom. The second-order valence-corrected chi connectivity index (χ2v) is 6.92. The van der Waals surface area contributed by atoms with E-state index in [-0.39, 0.29) is 12.2 Å². The molecule has 0 saturated carbocycles. The Morgan fingerprint density at radius 2 is 1.86 bits per heavy atom. The van der Waals surface area contributed by atoms with Crippen LogP contribution in [0.15, 0.2) is 60.1 Å². The highest BCUT2D eigenvalue weighted by Gasteiger charge is 2.30. The van der Waals surface area contributed by atoms with Gasteiger partial charge in [-0.25, -0.2) is 4.98 Å². The normalized spacial score (nSPS) is 11.6. The minimum atomic E-state index is -4.40. The summed E-state index contributed by atoms with van der Waals surface area (Å²) in [5.74, 6) is 0.412. The van der Waals surface area contributed by atoms with E-state index < -0.39 is 11.7 Å². The van der Waals surface area contributed by atoms with Gasteiger partial charge < -0.3 is 4.98 Å². The molecule has 0 spiro atoms. The van der Waals surface area contributed by atoms with Crippen molar-refractivity contribution in [3.63, 3.8) is 0 Å². The Labute approximate surface area is 167 Å². The Kier molecular flexibility index (Phi) is 4.98. The Bertz CT molecular complexity index is 1140. The SMILES string of the molecule is O=C(Cc1ccc(-c2ncc(-c3cccc(C(F)(F)F)c3)[nH]2)cc1)c1csnn1. The second kappa shape index (κ2) is 7.59. The van der Waals surface area contributed by atoms with Gasteiger partial charge in [0.25, 0.3) is 0 Å². The first-order chi connectivity index (χ1) is 13.9. The lowest BCUT2D eigenvalue weighted by Gasteiger charge is -2.07. The van der Waals surface area contributed by atoms with Crippen LogP contribution in [0.2, 0.25) is 0 Å². The van der Waals surface area contributed by atoms with Gasteiger partial charge in [-0.1, -0.05) is 40.9 Å². The van der Waals surface area contributed by atoms with Crippen molar-refractivity contribution >= 4 is 17.3 Å². The summed E-state index contributed by atoms with van der Waals surface area (Å²) in [4.78, 5) is 19.4. The Hall–Kier alpha value is -3.33. The van der Waals surface area contributed by atoms with Crippen molar-refractivity contribution in [3.05, 3.63) is 76.9 Å². The van der Waals surface area contributed by atoms with E-state index >= 15 is 0 Å². The number of ketones is 1. The van der Waals surface area contributed by atoms with Crippen molar-refractivity contribution < 1.29 is 18.0 Å². The molecule has 2 aromatic heterocycles. The first-order valence-electron chi connectivity index (χ1n) is 8.52. The van der Waals surface area contributed by atoms with Crippen LogP contribution in [0.5, 0.6) is 0 Å². The standard InChI is InChI=1S/C20H13F3N4OS/c21-20(22,23)15-3-1-2-14(9-15)16-10-24-19(25-16)13-6-4-12(5-7-13)8-18(28)17-11-29-27-26-17/h1-7,9-11H,8H2,(H,24,25). The molecule has 5 nitrogen and oxygen atoms in total. The van der Waals surface area contributed by atoms with Gasteiger partial charge in [-0.3, -0.25) is 4.79 Å². The third kappa shape index (κ3) is 4.24. The predicted molar refractivity (Wildman–Crippen MR) is 102 cm³/mol. The highest BCUT2D eigenvalue weighted by molar-refractivity contribution is 7.03. The summed E-state index contributed by atoms with van der Waals surface area (Å²) < 4.78 is 42.4. The molecule has 0 bridgehead atoms. The summed E-state index contributed by atoms with van der Waals surface area (Å²) in [7, 11) is 0. The Balaban J connectivity index is 1.52. The molecule has 0 saturated heterocycles. The van der Waals surface area contributed by atoms with Crippen LogP contribution in [0.3, 0.4) is 0 Å². The molecule has 0 unspecified atom stereocenters. The lowest BCUT2D eigenvalue weighted by molar-refractivity contribution is -0.137. The van der Waals surface area contributed by atoms with Crippen LogP contribution in [0, 0.1) is 0 Å². The van der Waals surface area contributed by atoms with Crippen molar-refractivity contribution in [2.45, 2.75) is 12.6 Å². The van der Waals surface area contributed by atoms with Gasteiger partial charge in [-0.2, -0.15) is 13.2 Å². The number of hydrogen-bond acceptors (Lipinski definition) is 5. The van der Waals surface area contributed by atoms with Gasteiger partial charge in [0.15, 0.2) is 5.78 Å². The van der Waals surface area contributed by atoms with Crippen LogP contribution in [0.4, 0.5) is 13.2 Å². The molecule has 0 fully saturated rings. The first kappa shape index (κ1) is 19.0. The summed E-state index contributed by atoms with van der Waals surface area (Å²) in [5.41, 5.74) is 2.09. The van der Waals surface area contributed by atoms with Gasteiger partial charge in [-0.05, 0) is 29.2 Å². The summed E-state index contributed by atoms with van der Waals surface area (Å²) in [6, 6.07) is 12.3. The van der Waals surface area contributed by atoms with Crippen molar-refractivity contribution in [3.8, 4) is 22.6 Å². The van der Waals surface area contributed by atoms with E-state index in [4.69, 9.17) is 0 Å². The minimum absolute atomic E-state index is 0.115. The number of aromatic nitrogens is 4. The van der Waals surface area contributed by atoms with Gasteiger partial charge in [0.2, 0.25) is 0 Å². The minimum Gasteiger partial charge on any atom is -0.338 e. The van der Waals surface area contributed by atoms with Crippen molar-refractivity contribution in [1.82, 2.24) is 19.6 Å². The fourth-order valence-corrected chi connectivity index (χ4v) is 3.28. The lowest BCUT2D eigenvalue weighted by atomic mass is 10.1. The molecule has 0 aliphatic rings. The van der Waals surface area contributed by atoms with E-state index in [9.17, 15) is 18.0 Å². The number of H-pyrrole nitrogens is 1. The smallest absolute Gasteiger partial charge is 0.338 e. The number of nitrogens with zero attached hydrogens (tertiary/aromatic N) is 3. The molecular formula is C20H13F3N4OS. The molecule has 146 valence electrons. The zero-order valence-electron chi connectivity index (χ0n) is 14.8. The van der Waals surface area contributed by atoms with Gasteiger partial charge in [-0.15, -0.1) is 5.10 Å². The van der Waals surface area contributed by atoms with E-state index in [0.29, 0.717) is 22.8 Å². The number of halogens is 3. The zero-order chi connectivity index (χ0) is 20.4. The fraction of sp³-hybridized carbons (Fsp3) is 0.100. The molecule has 4 aromatic rings. The molecule has 0 amide bonds. The van der Waals surface area contributed by atoms with E-state index in [0.717, 1.165) is 34.8 Å². The number of imidazole rings is 1. The van der Waals surface area contributed by atoms with Crippen molar-refractivity contribution in [1.29, 1.82) is 0 Å². The monoisotopic (exact) mass is 414 g/mol. The number of rotatable bonds is 5. The van der Waals surface area contributed by atoms with Crippen LogP contribution in [0.1, 0.15) is 21.6 Å². The topological polar surface area (TPSA) is 71.5 Å². The summed E-state index contributed by atoms with van der Waals surface area (Å²) >= 11 is 1.12. The number of hydrogen-bond donors (Lipinski definition) is 1. The largest absolute Gasteiger partial charge is 0.416 e. The molecule has 2 aromatic carbocycles. The van der Waals surface area contributed by atoms with Crippen LogP contribution >= 0.6 is 11.5 Å². The molecular weight excluding hydrogens is 401 g/mol. The van der Waals surface area contributed by atoms with Gasteiger partial charge >= 0.3 is 6.18 Å². The molecule has 4 rings (SSSR count). The van der Waals surface area contributed by atoms with E-state index in [1.807, 2.05) is 0 Å². The third-order valence-electron chi connectivity index (χ3n) is 4.31. The molecule has 0 radical (unpaired) electrons. The molecule has 9 heteroatoms. The van der Waals surface area contributed by atoms with Crippen molar-refractivity contribution in [2.24, 2.45) is 0 Å². The van der Waals surface area contributed by atoms with Crippen LogP contribution in [-0.2, 0) is 12.6 Å². The summed E-state index contributed by atoms with van der Waals surface area (Å²) in [6.45, 7) is 0. The van der Waals surface area contributed by atoms with Gasteiger partial charge in [0.1, 0.15) is 11.5 Å². The quantitative estimate of drug-likeness (QED) is 0.465. The van der Waals surface area contributed by atoms with E-state index in [1.165, 1.54) is 12.3 Å². The molecule has 0 atom stereocenters. The van der Waals surface area contributed by atoms with E-state index in [2.05, 4.69) is 19.6 Å². The summed E-state index contributed by atoms with van der Waals surface area (Å²) in [5, 5.41) is 5.37. The lowest BCUT2D eigenvalue weighted by Crippen LogP contribution is -2.04. The van der Waals surface area contributed by atoms with Crippen LogP contribution in [0.25, 0.3) is 22.6 Å². The average molecular weight is 414 g/mol. The molecule has 0 aliphatic carbocycles. The van der Waals surface area contributed by atoms with E-state index in [1.54, 1.807) is 35.7 Å². The number of aromatic amines is 1. The Morgan fingerprint density at radius 1 is 1.07 bits per heavy atom. The third-order valence-corrected chi connectivity index (χ3v) is 4.82. The molecule has 1 N–H and O–H groups in total. The number of carbonyl (C=O) groups is 1. The average Bonchev–Trinajstić information content (AvgIpc) is 3.40. The zero-order valence-corrected chi connectivity index (χ0v) is 15.6. The van der Waals surface area contributed by atoms with Crippen LogP contribution in [-0.4, -0.2) is 25.3 Å².